The minimum atomic E-state index is -0.267. The third-order valence-corrected chi connectivity index (χ3v) is 4.14. The van der Waals surface area contributed by atoms with Crippen LogP contribution in [0.15, 0.2) is 22.7 Å². The Balaban J connectivity index is 1.81. The molecule has 1 aliphatic carbocycles. The van der Waals surface area contributed by atoms with Crippen LogP contribution in [0.4, 0.5) is 5.69 Å². The number of carbonyl (C=O) groups excluding carboxylic acids is 1. The molecule has 122 valence electrons. The van der Waals surface area contributed by atoms with Crippen molar-refractivity contribution in [2.45, 2.75) is 26.2 Å². The summed E-state index contributed by atoms with van der Waals surface area (Å²) >= 11 is 0. The maximum absolute atomic E-state index is 12.5. The molecule has 6 heteroatoms. The third-order valence-electron chi connectivity index (χ3n) is 4.14. The summed E-state index contributed by atoms with van der Waals surface area (Å²) in [4.78, 5) is 12.5. The van der Waals surface area contributed by atoms with Gasteiger partial charge in [0.15, 0.2) is 17.2 Å². The molecule has 0 spiro atoms. The van der Waals surface area contributed by atoms with E-state index in [-0.39, 0.29) is 5.91 Å². The van der Waals surface area contributed by atoms with Gasteiger partial charge < -0.3 is 19.3 Å². The van der Waals surface area contributed by atoms with E-state index in [0.29, 0.717) is 28.8 Å². The Hall–Kier alpha value is -2.50. The monoisotopic (exact) mass is 316 g/mol. The lowest BCUT2D eigenvalue weighted by molar-refractivity contribution is 0.101. The average molecular weight is 316 g/mol. The molecular weight excluding hydrogens is 296 g/mol. The van der Waals surface area contributed by atoms with Gasteiger partial charge in [0.2, 0.25) is 0 Å². The molecule has 0 aliphatic heterocycles. The Morgan fingerprint density at radius 2 is 2.09 bits per heavy atom. The number of nitrogens with one attached hydrogen (secondary N) is 1. The first kappa shape index (κ1) is 15.4. The quantitative estimate of drug-likeness (QED) is 0.938. The maximum atomic E-state index is 12.5. The molecular formula is C17H20N2O4. The minimum absolute atomic E-state index is 0.267. The zero-order chi connectivity index (χ0) is 16.4. The Morgan fingerprint density at radius 1 is 1.30 bits per heavy atom. The van der Waals surface area contributed by atoms with Crippen LogP contribution in [0.25, 0.3) is 0 Å². The molecule has 0 saturated heterocycles. The van der Waals surface area contributed by atoms with Crippen molar-refractivity contribution in [2.75, 3.05) is 19.5 Å². The molecule has 1 aromatic carbocycles. The number of anilines is 1. The summed E-state index contributed by atoms with van der Waals surface area (Å²) in [6.07, 6.45) is 2.74. The summed E-state index contributed by atoms with van der Waals surface area (Å²) < 4.78 is 15.8. The molecule has 1 aromatic heterocycles. The molecule has 0 saturated carbocycles. The summed E-state index contributed by atoms with van der Waals surface area (Å²) in [7, 11) is 3.12. The minimum Gasteiger partial charge on any atom is -0.493 e. The summed E-state index contributed by atoms with van der Waals surface area (Å²) in [5.74, 6) is 2.27. The van der Waals surface area contributed by atoms with Crippen LogP contribution in [0.2, 0.25) is 0 Å². The van der Waals surface area contributed by atoms with Crippen LogP contribution in [-0.2, 0) is 12.8 Å². The topological polar surface area (TPSA) is 73.6 Å². The number of benzene rings is 1. The van der Waals surface area contributed by atoms with Crippen LogP contribution >= 0.6 is 0 Å². The highest BCUT2D eigenvalue weighted by Crippen LogP contribution is 2.31. The number of nitrogens with zero attached hydrogens (tertiary/aromatic N) is 1. The molecule has 0 radical (unpaired) electrons. The molecule has 1 heterocycles. The second-order valence-electron chi connectivity index (χ2n) is 5.80. The van der Waals surface area contributed by atoms with Crippen LogP contribution in [0.3, 0.4) is 0 Å². The van der Waals surface area contributed by atoms with Gasteiger partial charge in [-0.25, -0.2) is 0 Å². The van der Waals surface area contributed by atoms with E-state index in [4.69, 9.17) is 14.0 Å². The fourth-order valence-electron chi connectivity index (χ4n) is 2.86. The molecule has 1 amide bonds. The lowest BCUT2D eigenvalue weighted by Crippen LogP contribution is -2.18. The largest absolute Gasteiger partial charge is 0.493 e. The zero-order valence-electron chi connectivity index (χ0n) is 13.5. The van der Waals surface area contributed by atoms with Crippen LogP contribution in [0, 0.1) is 5.92 Å². The molecule has 0 fully saturated rings. The molecule has 0 unspecified atom stereocenters. The lowest BCUT2D eigenvalue weighted by Gasteiger charge is -2.16. The van der Waals surface area contributed by atoms with E-state index < -0.39 is 0 Å². The van der Waals surface area contributed by atoms with Gasteiger partial charge in [0.05, 0.1) is 14.2 Å². The molecule has 1 atom stereocenters. The number of carbonyl (C=O) groups is 1. The summed E-state index contributed by atoms with van der Waals surface area (Å²) in [6, 6.07) is 5.22. The molecule has 0 bridgehead atoms. The number of aryl methyl sites for hydroxylation is 1. The van der Waals surface area contributed by atoms with Crippen LogP contribution in [0.1, 0.15) is 35.2 Å². The Morgan fingerprint density at radius 3 is 2.83 bits per heavy atom. The molecule has 3 rings (SSSR count). The third kappa shape index (κ3) is 3.02. The van der Waals surface area contributed by atoms with Gasteiger partial charge in [-0.1, -0.05) is 12.1 Å². The first-order valence-corrected chi connectivity index (χ1v) is 7.63. The van der Waals surface area contributed by atoms with Gasteiger partial charge in [0.1, 0.15) is 5.76 Å². The fourth-order valence-corrected chi connectivity index (χ4v) is 2.86. The smallest absolute Gasteiger partial charge is 0.278 e. The number of methoxy groups -OCH3 is 2. The summed E-state index contributed by atoms with van der Waals surface area (Å²) in [5, 5.41) is 6.80. The number of hydrogen-bond acceptors (Lipinski definition) is 5. The molecule has 1 aliphatic rings. The van der Waals surface area contributed by atoms with Crippen LogP contribution in [-0.4, -0.2) is 25.3 Å². The van der Waals surface area contributed by atoms with Gasteiger partial charge in [-0.15, -0.1) is 0 Å². The standard InChI is InChI=1S/C17H20N2O4/c1-10-4-6-13-12(8-10)16(19-23-13)17(20)18-11-5-7-14(21-2)15(9-11)22-3/h5,7,9-10H,4,6,8H2,1-3H3,(H,18,20)/t10-/m0/s1. The highest BCUT2D eigenvalue weighted by molar-refractivity contribution is 6.04. The van der Waals surface area contributed by atoms with Gasteiger partial charge in [-0.05, 0) is 30.9 Å². The zero-order valence-corrected chi connectivity index (χ0v) is 13.5. The van der Waals surface area contributed by atoms with Gasteiger partial charge in [0, 0.05) is 23.7 Å². The van der Waals surface area contributed by atoms with Crippen molar-refractivity contribution in [3.05, 3.63) is 35.2 Å². The van der Waals surface area contributed by atoms with Crippen molar-refractivity contribution in [1.82, 2.24) is 5.16 Å². The number of hydrogen-bond donors (Lipinski definition) is 1. The van der Waals surface area contributed by atoms with Gasteiger partial charge in [-0.2, -0.15) is 0 Å². The Labute approximate surface area is 134 Å². The van der Waals surface area contributed by atoms with E-state index in [1.807, 2.05) is 0 Å². The van der Waals surface area contributed by atoms with E-state index in [1.165, 1.54) is 0 Å². The number of fused-ring (bicyclic) bond motifs is 1. The van der Waals surface area contributed by atoms with Crippen molar-refractivity contribution in [3.63, 3.8) is 0 Å². The van der Waals surface area contributed by atoms with Gasteiger partial charge in [0.25, 0.3) is 5.91 Å². The fraction of sp³-hybridized carbons (Fsp3) is 0.412. The van der Waals surface area contributed by atoms with Crippen molar-refractivity contribution in [2.24, 2.45) is 5.92 Å². The Kier molecular flexibility index (Phi) is 4.23. The number of ether oxygens (including phenoxy) is 2. The van der Waals surface area contributed by atoms with E-state index in [9.17, 15) is 4.79 Å². The highest BCUT2D eigenvalue weighted by atomic mass is 16.5. The molecule has 2 aromatic rings. The molecule has 23 heavy (non-hydrogen) atoms. The van der Waals surface area contributed by atoms with Crippen LogP contribution in [0.5, 0.6) is 11.5 Å². The molecule has 6 nitrogen and oxygen atoms in total. The predicted molar refractivity (Wildman–Crippen MR) is 85.2 cm³/mol. The van der Waals surface area contributed by atoms with E-state index >= 15 is 0 Å². The van der Waals surface area contributed by atoms with Crippen molar-refractivity contribution < 1.29 is 18.8 Å². The SMILES string of the molecule is COc1ccc(NC(=O)c2noc3c2C[C@@H](C)CC3)cc1OC. The van der Waals surface area contributed by atoms with Crippen molar-refractivity contribution in [3.8, 4) is 11.5 Å². The summed E-state index contributed by atoms with van der Waals surface area (Å²) in [5.41, 5.74) is 1.93. The second-order valence-corrected chi connectivity index (χ2v) is 5.80. The number of amides is 1. The molecule has 1 N–H and O–H groups in total. The van der Waals surface area contributed by atoms with Crippen molar-refractivity contribution >= 4 is 11.6 Å². The number of rotatable bonds is 4. The normalized spacial score (nSPS) is 16.6. The first-order chi connectivity index (χ1) is 11.1. The van der Waals surface area contributed by atoms with E-state index in [1.54, 1.807) is 32.4 Å². The van der Waals surface area contributed by atoms with Gasteiger partial charge in [-0.3, -0.25) is 4.79 Å². The summed E-state index contributed by atoms with van der Waals surface area (Å²) in [6.45, 7) is 2.17. The lowest BCUT2D eigenvalue weighted by atomic mass is 9.88. The Bertz CT molecular complexity index is 723. The van der Waals surface area contributed by atoms with Crippen molar-refractivity contribution in [1.29, 1.82) is 0 Å². The average Bonchev–Trinajstić information content (AvgIpc) is 2.97. The predicted octanol–water partition coefficient (Wildman–Crippen LogP) is 3.07. The van der Waals surface area contributed by atoms with Crippen LogP contribution < -0.4 is 14.8 Å². The number of aromatic nitrogens is 1. The van der Waals surface area contributed by atoms with E-state index in [0.717, 1.165) is 30.6 Å². The second kappa shape index (κ2) is 6.32. The van der Waals surface area contributed by atoms with Gasteiger partial charge >= 0.3 is 0 Å². The maximum Gasteiger partial charge on any atom is 0.278 e. The van der Waals surface area contributed by atoms with E-state index in [2.05, 4.69) is 17.4 Å². The highest BCUT2D eigenvalue weighted by Gasteiger charge is 2.27. The first-order valence-electron chi connectivity index (χ1n) is 7.63.